The van der Waals surface area contributed by atoms with Gasteiger partial charge in [-0.25, -0.2) is 9.97 Å². The molecule has 0 bridgehead atoms. The molecule has 0 saturated heterocycles. The molecule has 3 aromatic rings. The summed E-state index contributed by atoms with van der Waals surface area (Å²) in [5.74, 6) is 0.312. The van der Waals surface area contributed by atoms with Gasteiger partial charge in [0.1, 0.15) is 0 Å². The Balaban J connectivity index is 1.95. The lowest BCUT2D eigenvalue weighted by molar-refractivity contribution is 0.483. The first-order valence-corrected chi connectivity index (χ1v) is 8.46. The molecule has 0 radical (unpaired) electrons. The minimum atomic E-state index is -4.27. The van der Waals surface area contributed by atoms with Crippen LogP contribution >= 0.6 is 0 Å². The fraction of sp³-hybridized carbons (Fsp3) is 0.0625. The molecule has 3 rings (SSSR count). The van der Waals surface area contributed by atoms with Crippen molar-refractivity contribution in [1.29, 1.82) is 0 Å². The van der Waals surface area contributed by atoms with Gasteiger partial charge in [-0.2, -0.15) is 8.42 Å². The van der Waals surface area contributed by atoms with Crippen molar-refractivity contribution in [2.75, 3.05) is 5.32 Å². The Morgan fingerprint density at radius 2 is 1.96 bits per heavy atom. The molecular weight excluding hydrogens is 328 g/mol. The topological polar surface area (TPSA) is 105 Å². The number of nitrogens with zero attached hydrogens (tertiary/aromatic N) is 3. The van der Waals surface area contributed by atoms with Crippen LogP contribution in [0.15, 0.2) is 59.9 Å². The molecule has 0 aliphatic heterocycles. The van der Waals surface area contributed by atoms with Crippen LogP contribution in [-0.2, 0) is 10.1 Å². The van der Waals surface area contributed by atoms with Crippen LogP contribution in [0.4, 0.5) is 11.6 Å². The molecule has 2 heterocycles. The lowest BCUT2D eigenvalue weighted by atomic mass is 10.2. The van der Waals surface area contributed by atoms with Crippen LogP contribution in [0.2, 0.25) is 0 Å². The van der Waals surface area contributed by atoms with E-state index >= 15 is 0 Å². The highest BCUT2D eigenvalue weighted by Crippen LogP contribution is 2.23. The quantitative estimate of drug-likeness (QED) is 0.702. The van der Waals surface area contributed by atoms with Crippen LogP contribution in [0.3, 0.4) is 0 Å². The molecular formula is C16H14N4O3S. The Hall–Kier alpha value is -2.84. The summed E-state index contributed by atoms with van der Waals surface area (Å²) < 4.78 is 31.7. The van der Waals surface area contributed by atoms with E-state index in [9.17, 15) is 8.42 Å². The highest BCUT2D eigenvalue weighted by atomic mass is 32.2. The Bertz CT molecular complexity index is 976. The second-order valence-electron chi connectivity index (χ2n) is 5.08. The normalized spacial score (nSPS) is 11.2. The van der Waals surface area contributed by atoms with Gasteiger partial charge in [-0.15, -0.1) is 0 Å². The largest absolute Gasteiger partial charge is 0.324 e. The lowest BCUT2D eigenvalue weighted by Crippen LogP contribution is -2.03. The Labute approximate surface area is 139 Å². The van der Waals surface area contributed by atoms with Gasteiger partial charge >= 0.3 is 0 Å². The minimum absolute atomic E-state index is 0.195. The van der Waals surface area contributed by atoms with Crippen molar-refractivity contribution in [3.05, 3.63) is 60.6 Å². The van der Waals surface area contributed by atoms with Crippen molar-refractivity contribution < 1.29 is 13.0 Å². The molecule has 7 nitrogen and oxygen atoms in total. The van der Waals surface area contributed by atoms with Crippen molar-refractivity contribution in [1.82, 2.24) is 15.0 Å². The van der Waals surface area contributed by atoms with Gasteiger partial charge in [-0.05, 0) is 42.8 Å². The SMILES string of the molecule is Cc1ccc(S(=O)(=O)O)cc1Nc1nccc(-c2cccnc2)n1. The summed E-state index contributed by atoms with van der Waals surface area (Å²) in [7, 11) is -4.27. The average molecular weight is 342 g/mol. The van der Waals surface area contributed by atoms with Crippen LogP contribution in [0, 0.1) is 6.92 Å². The van der Waals surface area contributed by atoms with Crippen LogP contribution in [0.1, 0.15) is 5.56 Å². The summed E-state index contributed by atoms with van der Waals surface area (Å²) in [6.07, 6.45) is 4.96. The molecule has 0 spiro atoms. The molecule has 122 valence electrons. The molecule has 0 amide bonds. The van der Waals surface area contributed by atoms with Crippen LogP contribution in [-0.4, -0.2) is 27.9 Å². The predicted octanol–water partition coefficient (Wildman–Crippen LogP) is 2.84. The molecule has 2 aromatic heterocycles. The van der Waals surface area contributed by atoms with Gasteiger partial charge in [-0.3, -0.25) is 9.54 Å². The monoisotopic (exact) mass is 342 g/mol. The van der Waals surface area contributed by atoms with E-state index in [0.717, 1.165) is 11.1 Å². The molecule has 24 heavy (non-hydrogen) atoms. The second-order valence-corrected chi connectivity index (χ2v) is 6.51. The number of benzene rings is 1. The number of aryl methyl sites for hydroxylation is 1. The average Bonchev–Trinajstić information content (AvgIpc) is 2.57. The van der Waals surface area contributed by atoms with E-state index in [0.29, 0.717) is 17.3 Å². The van der Waals surface area contributed by atoms with Gasteiger partial charge in [0.05, 0.1) is 10.6 Å². The van der Waals surface area contributed by atoms with Gasteiger partial charge in [0.25, 0.3) is 10.1 Å². The maximum atomic E-state index is 11.3. The molecule has 8 heteroatoms. The highest BCUT2D eigenvalue weighted by Gasteiger charge is 2.12. The third kappa shape index (κ3) is 3.55. The van der Waals surface area contributed by atoms with Crippen molar-refractivity contribution in [3.63, 3.8) is 0 Å². The molecule has 1 aromatic carbocycles. The van der Waals surface area contributed by atoms with Crippen molar-refractivity contribution in [2.24, 2.45) is 0 Å². The summed E-state index contributed by atoms with van der Waals surface area (Å²) in [5, 5.41) is 2.98. The van der Waals surface area contributed by atoms with E-state index in [1.165, 1.54) is 12.1 Å². The summed E-state index contributed by atoms with van der Waals surface area (Å²) in [6, 6.07) is 9.71. The molecule has 0 fully saturated rings. The van der Waals surface area contributed by atoms with Crippen molar-refractivity contribution >= 4 is 21.8 Å². The number of aromatic nitrogens is 3. The first-order valence-electron chi connectivity index (χ1n) is 7.02. The number of hydrogen-bond donors (Lipinski definition) is 2. The third-order valence-electron chi connectivity index (χ3n) is 3.37. The van der Waals surface area contributed by atoms with Gasteiger partial charge in [-0.1, -0.05) is 6.07 Å². The van der Waals surface area contributed by atoms with Gasteiger partial charge in [0.15, 0.2) is 0 Å². The molecule has 0 saturated carbocycles. The van der Waals surface area contributed by atoms with Crippen LogP contribution in [0.5, 0.6) is 0 Å². The van der Waals surface area contributed by atoms with E-state index in [2.05, 4.69) is 20.3 Å². The number of nitrogens with one attached hydrogen (secondary N) is 1. The predicted molar refractivity (Wildman–Crippen MR) is 89.5 cm³/mol. The Morgan fingerprint density at radius 3 is 2.67 bits per heavy atom. The maximum absolute atomic E-state index is 11.3. The van der Waals surface area contributed by atoms with E-state index in [1.54, 1.807) is 37.6 Å². The number of rotatable bonds is 4. The zero-order valence-electron chi connectivity index (χ0n) is 12.7. The molecule has 2 N–H and O–H groups in total. The van der Waals surface area contributed by atoms with Crippen molar-refractivity contribution in [3.8, 4) is 11.3 Å². The highest BCUT2D eigenvalue weighted by molar-refractivity contribution is 7.85. The van der Waals surface area contributed by atoms with E-state index < -0.39 is 10.1 Å². The van der Waals surface area contributed by atoms with E-state index in [-0.39, 0.29) is 4.90 Å². The summed E-state index contributed by atoms with van der Waals surface area (Å²) in [4.78, 5) is 12.4. The van der Waals surface area contributed by atoms with E-state index in [4.69, 9.17) is 4.55 Å². The van der Waals surface area contributed by atoms with E-state index in [1.807, 2.05) is 12.1 Å². The zero-order valence-corrected chi connectivity index (χ0v) is 13.5. The molecule has 0 unspecified atom stereocenters. The Morgan fingerprint density at radius 1 is 1.12 bits per heavy atom. The summed E-state index contributed by atoms with van der Waals surface area (Å²) >= 11 is 0. The van der Waals surface area contributed by atoms with Gasteiger partial charge < -0.3 is 5.32 Å². The number of pyridine rings is 1. The number of anilines is 2. The smallest absolute Gasteiger partial charge is 0.294 e. The number of hydrogen-bond acceptors (Lipinski definition) is 6. The maximum Gasteiger partial charge on any atom is 0.294 e. The first-order chi connectivity index (χ1) is 11.4. The van der Waals surface area contributed by atoms with Crippen LogP contribution < -0.4 is 5.32 Å². The first kappa shape index (κ1) is 16.0. The molecule has 0 atom stereocenters. The zero-order chi connectivity index (χ0) is 17.2. The third-order valence-corrected chi connectivity index (χ3v) is 4.22. The summed E-state index contributed by atoms with van der Waals surface area (Å²) in [6.45, 7) is 1.81. The lowest BCUT2D eigenvalue weighted by Gasteiger charge is -2.10. The van der Waals surface area contributed by atoms with Gasteiger partial charge in [0, 0.05) is 29.8 Å². The minimum Gasteiger partial charge on any atom is -0.324 e. The second kappa shape index (κ2) is 6.34. The van der Waals surface area contributed by atoms with Crippen LogP contribution in [0.25, 0.3) is 11.3 Å². The standard InChI is InChI=1S/C16H14N4O3S/c1-11-4-5-13(24(21,22)23)9-15(11)20-16-18-8-6-14(19-16)12-3-2-7-17-10-12/h2-10H,1H3,(H,18,19,20)(H,21,22,23). The van der Waals surface area contributed by atoms with Crippen molar-refractivity contribution in [2.45, 2.75) is 11.8 Å². The fourth-order valence-electron chi connectivity index (χ4n) is 2.11. The van der Waals surface area contributed by atoms with Gasteiger partial charge in [0.2, 0.25) is 5.95 Å². The molecule has 0 aliphatic carbocycles. The molecule has 0 aliphatic rings. The Kier molecular flexibility index (Phi) is 4.24. The fourth-order valence-corrected chi connectivity index (χ4v) is 2.62. The summed E-state index contributed by atoms with van der Waals surface area (Å²) in [5.41, 5.74) is 2.81.